The molecule has 0 aliphatic heterocycles. The Morgan fingerprint density at radius 1 is 0.833 bits per heavy atom. The van der Waals surface area contributed by atoms with Crippen molar-refractivity contribution in [2.75, 3.05) is 5.73 Å². The summed E-state index contributed by atoms with van der Waals surface area (Å²) in [6, 6.07) is 8.41. The zero-order chi connectivity index (χ0) is 14.2. The molecule has 0 fully saturated rings. The number of nitrogens with two attached hydrogens (primary N) is 1. The fourth-order valence-corrected chi connectivity index (χ4v) is 2.71. The van der Waals surface area contributed by atoms with Gasteiger partial charge >= 0.3 is 0 Å². The van der Waals surface area contributed by atoms with Gasteiger partial charge in [0.1, 0.15) is 0 Å². The minimum Gasteiger partial charge on any atom is -0.399 e. The van der Waals surface area contributed by atoms with Crippen molar-refractivity contribution in [1.82, 2.24) is 0 Å². The molecule has 1 heteroatoms. The van der Waals surface area contributed by atoms with Gasteiger partial charge in [-0.05, 0) is 40.4 Å². The van der Waals surface area contributed by atoms with Crippen LogP contribution < -0.4 is 5.73 Å². The van der Waals surface area contributed by atoms with E-state index in [0.29, 0.717) is 5.41 Å². The van der Waals surface area contributed by atoms with Crippen LogP contribution in [0.3, 0.4) is 0 Å². The molecular formula is C17H29N. The zero-order valence-corrected chi connectivity index (χ0v) is 13.1. The molecule has 0 radical (unpaired) electrons. The average Bonchev–Trinajstić information content (AvgIpc) is 2.13. The molecule has 0 heterocycles. The van der Waals surface area contributed by atoms with Crippen LogP contribution in [0.4, 0.5) is 5.69 Å². The Balaban J connectivity index is 3.25. The zero-order valence-electron chi connectivity index (χ0n) is 13.1. The van der Waals surface area contributed by atoms with Crippen LogP contribution in [-0.2, 0) is 5.41 Å². The van der Waals surface area contributed by atoms with Crippen LogP contribution >= 0.6 is 0 Å². The Morgan fingerprint density at radius 3 is 1.61 bits per heavy atom. The Hall–Kier alpha value is -0.980. The van der Waals surface area contributed by atoms with E-state index >= 15 is 0 Å². The van der Waals surface area contributed by atoms with Gasteiger partial charge in [0, 0.05) is 5.69 Å². The maximum atomic E-state index is 5.81. The van der Waals surface area contributed by atoms with Gasteiger partial charge in [0.2, 0.25) is 0 Å². The molecule has 1 rings (SSSR count). The lowest BCUT2D eigenvalue weighted by Gasteiger charge is -2.46. The first kappa shape index (κ1) is 15.1. The normalized spacial score (nSPS) is 16.4. The van der Waals surface area contributed by atoms with Crippen LogP contribution in [-0.4, -0.2) is 0 Å². The molecular weight excluding hydrogens is 218 g/mol. The van der Waals surface area contributed by atoms with Gasteiger partial charge < -0.3 is 5.73 Å². The van der Waals surface area contributed by atoms with Gasteiger partial charge in [-0.1, -0.05) is 60.6 Å². The molecule has 0 aliphatic carbocycles. The van der Waals surface area contributed by atoms with Gasteiger partial charge in [0.05, 0.1) is 0 Å². The van der Waals surface area contributed by atoms with E-state index in [2.05, 4.69) is 60.6 Å². The van der Waals surface area contributed by atoms with E-state index in [-0.39, 0.29) is 10.8 Å². The van der Waals surface area contributed by atoms with Crippen molar-refractivity contribution in [1.29, 1.82) is 0 Å². The second kappa shape index (κ2) is 4.60. The second-order valence-electron chi connectivity index (χ2n) is 7.94. The minimum absolute atomic E-state index is 0.152. The second-order valence-corrected chi connectivity index (χ2v) is 7.94. The summed E-state index contributed by atoms with van der Waals surface area (Å²) in [6.45, 7) is 16.3. The molecule has 0 aromatic heterocycles. The molecule has 0 bridgehead atoms. The first-order chi connectivity index (χ1) is 7.96. The Morgan fingerprint density at radius 2 is 1.28 bits per heavy atom. The quantitative estimate of drug-likeness (QED) is 0.730. The lowest BCUT2D eigenvalue weighted by atomic mass is 9.58. The summed E-state index contributed by atoms with van der Waals surface area (Å²) in [5, 5.41) is 0. The van der Waals surface area contributed by atoms with Crippen molar-refractivity contribution in [2.24, 2.45) is 10.8 Å². The van der Waals surface area contributed by atoms with Crippen molar-refractivity contribution in [2.45, 2.75) is 60.3 Å². The number of nitrogen functional groups attached to an aromatic ring is 1. The lowest BCUT2D eigenvalue weighted by Crippen LogP contribution is -2.40. The number of benzene rings is 1. The number of rotatable bonds is 2. The third-order valence-electron chi connectivity index (χ3n) is 4.09. The highest BCUT2D eigenvalue weighted by Crippen LogP contribution is 2.48. The molecule has 0 saturated heterocycles. The van der Waals surface area contributed by atoms with E-state index in [9.17, 15) is 0 Å². The Labute approximate surface area is 113 Å². The number of hydrogen-bond donors (Lipinski definition) is 1. The van der Waals surface area contributed by atoms with Crippen molar-refractivity contribution in [3.8, 4) is 0 Å². The van der Waals surface area contributed by atoms with Crippen LogP contribution in [0, 0.1) is 10.8 Å². The molecule has 0 amide bonds. The van der Waals surface area contributed by atoms with Crippen molar-refractivity contribution < 1.29 is 0 Å². The average molecular weight is 247 g/mol. The fraction of sp³-hybridized carbons (Fsp3) is 0.647. The van der Waals surface area contributed by atoms with E-state index < -0.39 is 0 Å². The molecule has 1 atom stereocenters. The third kappa shape index (κ3) is 3.28. The number of hydrogen-bond acceptors (Lipinski definition) is 1. The van der Waals surface area contributed by atoms with Gasteiger partial charge in [0.25, 0.3) is 0 Å². The summed E-state index contributed by atoms with van der Waals surface area (Å²) >= 11 is 0. The summed E-state index contributed by atoms with van der Waals surface area (Å²) in [7, 11) is 0. The van der Waals surface area contributed by atoms with Crippen LogP contribution in [0.5, 0.6) is 0 Å². The molecule has 0 aliphatic rings. The number of anilines is 1. The van der Waals surface area contributed by atoms with E-state index in [1.165, 1.54) is 5.56 Å². The van der Waals surface area contributed by atoms with Gasteiger partial charge in [-0.2, -0.15) is 0 Å². The van der Waals surface area contributed by atoms with Gasteiger partial charge in [-0.3, -0.25) is 0 Å². The van der Waals surface area contributed by atoms with E-state index in [1.54, 1.807) is 0 Å². The van der Waals surface area contributed by atoms with Gasteiger partial charge in [0.15, 0.2) is 0 Å². The maximum Gasteiger partial charge on any atom is 0.0314 e. The van der Waals surface area contributed by atoms with Crippen LogP contribution in [0.1, 0.15) is 60.5 Å². The molecule has 1 unspecified atom stereocenters. The van der Waals surface area contributed by atoms with Crippen LogP contribution in [0.25, 0.3) is 0 Å². The summed E-state index contributed by atoms with van der Waals surface area (Å²) in [5.41, 5.74) is 8.71. The molecule has 1 aromatic carbocycles. The topological polar surface area (TPSA) is 26.0 Å². The van der Waals surface area contributed by atoms with Crippen molar-refractivity contribution in [3.63, 3.8) is 0 Å². The minimum atomic E-state index is 0.152. The van der Waals surface area contributed by atoms with Crippen LogP contribution in [0.15, 0.2) is 24.3 Å². The summed E-state index contributed by atoms with van der Waals surface area (Å²) in [5.74, 6) is 0. The largest absolute Gasteiger partial charge is 0.399 e. The predicted octanol–water partition coefficient (Wildman–Crippen LogP) is 5.01. The van der Waals surface area contributed by atoms with E-state index in [0.717, 1.165) is 12.1 Å². The monoisotopic (exact) mass is 247 g/mol. The molecule has 0 spiro atoms. The fourth-order valence-electron chi connectivity index (χ4n) is 2.71. The molecule has 2 N–H and O–H groups in total. The van der Waals surface area contributed by atoms with Gasteiger partial charge in [-0.25, -0.2) is 0 Å². The highest BCUT2D eigenvalue weighted by atomic mass is 14.5. The Kier molecular flexibility index (Phi) is 3.86. The lowest BCUT2D eigenvalue weighted by molar-refractivity contribution is 0.134. The summed E-state index contributed by atoms with van der Waals surface area (Å²) in [6.07, 6.45) is 1.16. The molecule has 1 aromatic rings. The van der Waals surface area contributed by atoms with Crippen molar-refractivity contribution >= 4 is 5.69 Å². The smallest absolute Gasteiger partial charge is 0.0314 e. The summed E-state index contributed by atoms with van der Waals surface area (Å²) < 4.78 is 0. The first-order valence-electron chi connectivity index (χ1n) is 6.82. The SMILES string of the molecule is CC(C)(C)CC(C)(c1ccc(N)cc1)C(C)(C)C. The highest BCUT2D eigenvalue weighted by Gasteiger charge is 2.41. The molecule has 102 valence electrons. The van der Waals surface area contributed by atoms with Crippen LogP contribution in [0.2, 0.25) is 0 Å². The highest BCUT2D eigenvalue weighted by molar-refractivity contribution is 5.42. The van der Waals surface area contributed by atoms with E-state index in [1.807, 2.05) is 12.1 Å². The third-order valence-corrected chi connectivity index (χ3v) is 4.09. The van der Waals surface area contributed by atoms with E-state index in [4.69, 9.17) is 5.73 Å². The predicted molar refractivity (Wildman–Crippen MR) is 81.7 cm³/mol. The molecule has 1 nitrogen and oxygen atoms in total. The Bertz CT molecular complexity index is 389. The summed E-state index contributed by atoms with van der Waals surface area (Å²) in [4.78, 5) is 0. The van der Waals surface area contributed by atoms with Gasteiger partial charge in [-0.15, -0.1) is 0 Å². The maximum absolute atomic E-state index is 5.81. The first-order valence-corrected chi connectivity index (χ1v) is 6.82. The standard InChI is InChI=1S/C17H29N/c1-15(2,3)12-17(7,16(4,5)6)13-8-10-14(18)11-9-13/h8-11H,12,18H2,1-7H3. The molecule has 0 saturated carbocycles. The molecule has 18 heavy (non-hydrogen) atoms. The van der Waals surface area contributed by atoms with Crippen molar-refractivity contribution in [3.05, 3.63) is 29.8 Å².